The van der Waals surface area contributed by atoms with E-state index in [1.807, 2.05) is 0 Å². The van der Waals surface area contributed by atoms with E-state index in [4.69, 9.17) is 0 Å². The van der Waals surface area contributed by atoms with Crippen LogP contribution in [0.25, 0.3) is 0 Å². The molecule has 10 heteroatoms. The summed E-state index contributed by atoms with van der Waals surface area (Å²) in [6, 6.07) is 3.82. The molecule has 0 amide bonds. The van der Waals surface area contributed by atoms with Crippen LogP contribution in [0.15, 0.2) is 29.2 Å². The summed E-state index contributed by atoms with van der Waals surface area (Å²) in [5.74, 6) is -6.58. The van der Waals surface area contributed by atoms with Crippen molar-refractivity contribution in [3.05, 3.63) is 58.4 Å². The van der Waals surface area contributed by atoms with Gasteiger partial charge < -0.3 is 4.74 Å². The maximum atomic E-state index is 14.1. The third kappa shape index (κ3) is 3.95. The molecule has 2 rings (SSSR count). The van der Waals surface area contributed by atoms with E-state index in [0.29, 0.717) is 6.07 Å². The number of aryl methyl sites for hydroxylation is 1. The molecule has 0 bridgehead atoms. The van der Waals surface area contributed by atoms with E-state index >= 15 is 0 Å². The standard InChI is InChI=1S/C17H14F3NO5S/c1-8-6-10(17(23)26-3)4-5-13(8)27(24,25)21-16-12(18)7-11(9(2)22)14(19)15(16)20/h4-7,21H,1-3H3. The van der Waals surface area contributed by atoms with Gasteiger partial charge in [-0.25, -0.2) is 26.4 Å². The molecule has 0 aromatic heterocycles. The fourth-order valence-electron chi connectivity index (χ4n) is 2.33. The number of ether oxygens (including phenoxy) is 1. The lowest BCUT2D eigenvalue weighted by Crippen LogP contribution is -2.18. The summed E-state index contributed by atoms with van der Waals surface area (Å²) in [6.45, 7) is 2.26. The number of Topliss-reactive ketones (excluding diaryl/α,β-unsaturated/α-hetero) is 1. The number of ketones is 1. The van der Waals surface area contributed by atoms with Gasteiger partial charge in [0.25, 0.3) is 10.0 Å². The zero-order valence-electron chi connectivity index (χ0n) is 14.4. The van der Waals surface area contributed by atoms with Crippen molar-refractivity contribution in [3.8, 4) is 0 Å². The molecule has 0 aliphatic heterocycles. The average molecular weight is 401 g/mol. The molecule has 144 valence electrons. The maximum absolute atomic E-state index is 14.1. The molecule has 0 unspecified atom stereocenters. The molecule has 0 fully saturated rings. The van der Waals surface area contributed by atoms with Gasteiger partial charge in [0.05, 0.1) is 23.1 Å². The molecular weight excluding hydrogens is 387 g/mol. The van der Waals surface area contributed by atoms with Gasteiger partial charge >= 0.3 is 5.97 Å². The van der Waals surface area contributed by atoms with Gasteiger partial charge in [-0.3, -0.25) is 9.52 Å². The first-order valence-corrected chi connectivity index (χ1v) is 8.88. The first kappa shape index (κ1) is 20.4. The van der Waals surface area contributed by atoms with Crippen LogP contribution in [0, 0.1) is 24.4 Å². The van der Waals surface area contributed by atoms with Crippen molar-refractivity contribution in [1.82, 2.24) is 0 Å². The summed E-state index contributed by atoms with van der Waals surface area (Å²) >= 11 is 0. The van der Waals surface area contributed by atoms with Gasteiger partial charge in [0.1, 0.15) is 5.69 Å². The molecule has 6 nitrogen and oxygen atoms in total. The van der Waals surface area contributed by atoms with Crippen LogP contribution in [0.5, 0.6) is 0 Å². The zero-order chi connectivity index (χ0) is 20.5. The summed E-state index contributed by atoms with van der Waals surface area (Å²) in [7, 11) is -3.37. The lowest BCUT2D eigenvalue weighted by Gasteiger charge is -2.13. The third-order valence-corrected chi connectivity index (χ3v) is 5.17. The number of nitrogens with one attached hydrogen (secondary N) is 1. The number of carbonyl (C=O) groups is 2. The largest absolute Gasteiger partial charge is 0.465 e. The number of anilines is 1. The van der Waals surface area contributed by atoms with Crippen molar-refractivity contribution in [2.24, 2.45) is 0 Å². The smallest absolute Gasteiger partial charge is 0.337 e. The quantitative estimate of drug-likeness (QED) is 0.472. The van der Waals surface area contributed by atoms with Crippen LogP contribution in [0.4, 0.5) is 18.9 Å². The Morgan fingerprint density at radius 1 is 1.07 bits per heavy atom. The molecule has 0 radical (unpaired) electrons. The Morgan fingerprint density at radius 2 is 1.70 bits per heavy atom. The van der Waals surface area contributed by atoms with Crippen LogP contribution in [-0.4, -0.2) is 27.3 Å². The van der Waals surface area contributed by atoms with Gasteiger partial charge in [0, 0.05) is 0 Å². The van der Waals surface area contributed by atoms with Crippen molar-refractivity contribution in [2.75, 3.05) is 11.8 Å². The van der Waals surface area contributed by atoms with Crippen LogP contribution >= 0.6 is 0 Å². The van der Waals surface area contributed by atoms with E-state index in [-0.39, 0.29) is 16.0 Å². The first-order chi connectivity index (χ1) is 12.5. The lowest BCUT2D eigenvalue weighted by molar-refractivity contribution is 0.0600. The molecule has 0 saturated carbocycles. The Morgan fingerprint density at radius 3 is 2.22 bits per heavy atom. The van der Waals surface area contributed by atoms with Crippen molar-refractivity contribution >= 4 is 27.5 Å². The Balaban J connectivity index is 2.50. The zero-order valence-corrected chi connectivity index (χ0v) is 15.2. The fourth-order valence-corrected chi connectivity index (χ4v) is 3.63. The number of hydrogen-bond donors (Lipinski definition) is 1. The van der Waals surface area contributed by atoms with Crippen molar-refractivity contribution < 1.29 is 35.9 Å². The predicted molar refractivity (Wildman–Crippen MR) is 89.6 cm³/mol. The number of carbonyl (C=O) groups excluding carboxylic acids is 2. The molecule has 2 aromatic rings. The predicted octanol–water partition coefficient (Wildman–Crippen LogP) is 3.20. The topological polar surface area (TPSA) is 89.5 Å². The van der Waals surface area contributed by atoms with Crippen molar-refractivity contribution in [3.63, 3.8) is 0 Å². The van der Waals surface area contributed by atoms with E-state index in [1.54, 1.807) is 4.72 Å². The van der Waals surface area contributed by atoms with Crippen LogP contribution in [0.2, 0.25) is 0 Å². The van der Waals surface area contributed by atoms with Gasteiger partial charge in [-0.2, -0.15) is 0 Å². The van der Waals surface area contributed by atoms with Crippen LogP contribution in [-0.2, 0) is 14.8 Å². The summed E-state index contributed by atoms with van der Waals surface area (Å²) in [6.07, 6.45) is 0. The number of halogens is 3. The average Bonchev–Trinajstić information content (AvgIpc) is 2.60. The number of sulfonamides is 1. The van der Waals surface area contributed by atoms with E-state index in [0.717, 1.165) is 26.2 Å². The fraction of sp³-hybridized carbons (Fsp3) is 0.176. The van der Waals surface area contributed by atoms with Gasteiger partial charge in [-0.15, -0.1) is 0 Å². The molecular formula is C17H14F3NO5S. The van der Waals surface area contributed by atoms with Gasteiger partial charge in [-0.1, -0.05) is 0 Å². The highest BCUT2D eigenvalue weighted by Crippen LogP contribution is 2.28. The molecule has 0 heterocycles. The number of hydrogen-bond acceptors (Lipinski definition) is 5. The summed E-state index contributed by atoms with van der Waals surface area (Å²) in [4.78, 5) is 22.3. The van der Waals surface area contributed by atoms with Gasteiger partial charge in [0.2, 0.25) is 0 Å². The molecule has 27 heavy (non-hydrogen) atoms. The normalized spacial score (nSPS) is 11.2. The second kappa shape index (κ2) is 7.39. The highest BCUT2D eigenvalue weighted by atomic mass is 32.2. The molecule has 1 N–H and O–H groups in total. The second-order valence-corrected chi connectivity index (χ2v) is 7.19. The van der Waals surface area contributed by atoms with E-state index in [2.05, 4.69) is 4.74 Å². The Hall–Kier alpha value is -2.88. The summed E-state index contributed by atoms with van der Waals surface area (Å²) < 4.78 is 73.1. The van der Waals surface area contributed by atoms with Gasteiger partial charge in [-0.05, 0) is 43.7 Å². The lowest BCUT2D eigenvalue weighted by atomic mass is 10.1. The maximum Gasteiger partial charge on any atom is 0.337 e. The minimum atomic E-state index is -4.52. The molecule has 2 aromatic carbocycles. The van der Waals surface area contributed by atoms with E-state index in [1.165, 1.54) is 13.0 Å². The Bertz CT molecular complexity index is 1050. The van der Waals surface area contributed by atoms with Crippen LogP contribution < -0.4 is 4.72 Å². The Labute approximate surface area is 153 Å². The van der Waals surface area contributed by atoms with E-state index < -0.39 is 50.5 Å². The summed E-state index contributed by atoms with van der Waals surface area (Å²) in [5, 5.41) is 0. The molecule has 0 saturated heterocycles. The molecule has 0 atom stereocenters. The van der Waals surface area contributed by atoms with Crippen LogP contribution in [0.1, 0.15) is 33.2 Å². The second-order valence-electron chi connectivity index (χ2n) is 5.54. The SMILES string of the molecule is COC(=O)c1ccc(S(=O)(=O)Nc2c(F)cc(C(C)=O)c(F)c2F)c(C)c1. The van der Waals surface area contributed by atoms with Crippen molar-refractivity contribution in [2.45, 2.75) is 18.7 Å². The molecule has 0 aliphatic rings. The third-order valence-electron chi connectivity index (χ3n) is 3.66. The number of esters is 1. The van der Waals surface area contributed by atoms with E-state index in [9.17, 15) is 31.2 Å². The highest BCUT2D eigenvalue weighted by Gasteiger charge is 2.26. The minimum absolute atomic E-state index is 0.0724. The number of rotatable bonds is 5. The minimum Gasteiger partial charge on any atom is -0.465 e. The van der Waals surface area contributed by atoms with Crippen LogP contribution in [0.3, 0.4) is 0 Å². The highest BCUT2D eigenvalue weighted by molar-refractivity contribution is 7.92. The first-order valence-electron chi connectivity index (χ1n) is 7.39. The monoisotopic (exact) mass is 401 g/mol. The van der Waals surface area contributed by atoms with Crippen molar-refractivity contribution in [1.29, 1.82) is 0 Å². The number of benzene rings is 2. The molecule has 0 spiro atoms. The summed E-state index contributed by atoms with van der Waals surface area (Å²) in [5.41, 5.74) is -1.93. The molecule has 0 aliphatic carbocycles. The number of methoxy groups -OCH3 is 1. The van der Waals surface area contributed by atoms with Gasteiger partial charge in [0.15, 0.2) is 23.2 Å². The Kier molecular flexibility index (Phi) is 5.59.